The molecule has 0 aliphatic heterocycles. The largest absolute Gasteiger partial charge is 0.346 e. The van der Waals surface area contributed by atoms with Gasteiger partial charge in [0.15, 0.2) is 0 Å². The van der Waals surface area contributed by atoms with Gasteiger partial charge in [-0.05, 0) is 28.8 Å². The van der Waals surface area contributed by atoms with Gasteiger partial charge in [0, 0.05) is 9.75 Å². The van der Waals surface area contributed by atoms with Crippen LogP contribution in [0.3, 0.4) is 0 Å². The Morgan fingerprint density at radius 3 is 2.13 bits per heavy atom. The highest BCUT2D eigenvalue weighted by Crippen LogP contribution is 2.28. The smallest absolute Gasteiger partial charge is 0.240 e. The highest BCUT2D eigenvalue weighted by Gasteiger charge is 2.21. The quantitative estimate of drug-likeness (QED) is 0.714. The van der Waals surface area contributed by atoms with Gasteiger partial charge in [-0.15, -0.1) is 22.7 Å². The van der Waals surface area contributed by atoms with Gasteiger partial charge in [-0.25, -0.2) is 0 Å². The maximum atomic E-state index is 12.2. The van der Waals surface area contributed by atoms with Crippen LogP contribution in [0.15, 0.2) is 35.0 Å². The van der Waals surface area contributed by atoms with Crippen LogP contribution >= 0.6 is 22.7 Å². The molecule has 0 spiro atoms. The van der Waals surface area contributed by atoms with Crippen LogP contribution in [-0.4, -0.2) is 24.4 Å². The fourth-order valence-electron chi connectivity index (χ4n) is 1.99. The minimum absolute atomic E-state index is 0.0306. The zero-order valence-electron chi connectivity index (χ0n) is 13.1. The molecule has 2 aromatic rings. The lowest BCUT2D eigenvalue weighted by atomic mass is 10.1. The second-order valence-electron chi connectivity index (χ2n) is 5.52. The van der Waals surface area contributed by atoms with Gasteiger partial charge in [0.05, 0.1) is 18.6 Å². The maximum Gasteiger partial charge on any atom is 0.240 e. The average molecular weight is 351 g/mol. The van der Waals surface area contributed by atoms with Crippen molar-refractivity contribution >= 4 is 34.5 Å². The zero-order chi connectivity index (χ0) is 16.8. The third kappa shape index (κ3) is 4.89. The van der Waals surface area contributed by atoms with Gasteiger partial charge >= 0.3 is 0 Å². The van der Waals surface area contributed by atoms with Crippen molar-refractivity contribution in [3.63, 3.8) is 0 Å². The van der Waals surface area contributed by atoms with Crippen molar-refractivity contribution in [2.45, 2.75) is 25.9 Å². The van der Waals surface area contributed by atoms with E-state index in [2.05, 4.69) is 10.6 Å². The van der Waals surface area contributed by atoms with Gasteiger partial charge in [0.25, 0.3) is 0 Å². The molecule has 4 N–H and O–H groups in total. The second-order valence-corrected chi connectivity index (χ2v) is 7.48. The van der Waals surface area contributed by atoms with Crippen molar-refractivity contribution in [1.82, 2.24) is 10.6 Å². The van der Waals surface area contributed by atoms with Gasteiger partial charge in [-0.2, -0.15) is 0 Å². The number of amides is 2. The molecule has 2 amide bonds. The number of thiophene rings is 2. The number of hydrogen-bond acceptors (Lipinski definition) is 5. The summed E-state index contributed by atoms with van der Waals surface area (Å²) >= 11 is 3.18. The van der Waals surface area contributed by atoms with Crippen LogP contribution in [0, 0.1) is 5.92 Å². The van der Waals surface area contributed by atoms with E-state index in [-0.39, 0.29) is 30.3 Å². The van der Waals surface area contributed by atoms with Crippen molar-refractivity contribution in [2.75, 3.05) is 6.54 Å². The first-order valence-electron chi connectivity index (χ1n) is 7.38. The Labute approximate surface area is 143 Å². The third-order valence-corrected chi connectivity index (χ3v) is 5.28. The summed E-state index contributed by atoms with van der Waals surface area (Å²) in [4.78, 5) is 26.1. The summed E-state index contributed by atoms with van der Waals surface area (Å²) in [6.45, 7) is 3.66. The summed E-state index contributed by atoms with van der Waals surface area (Å²) in [5.41, 5.74) is 5.76. The molecule has 0 aliphatic rings. The van der Waals surface area contributed by atoms with Crippen LogP contribution in [0.1, 0.15) is 29.6 Å². The van der Waals surface area contributed by atoms with E-state index in [9.17, 15) is 9.59 Å². The predicted molar refractivity (Wildman–Crippen MR) is 94.4 cm³/mol. The number of hydrogen-bond donors (Lipinski definition) is 3. The lowest BCUT2D eigenvalue weighted by molar-refractivity contribution is -0.127. The van der Waals surface area contributed by atoms with Crippen molar-refractivity contribution < 1.29 is 9.59 Å². The highest BCUT2D eigenvalue weighted by molar-refractivity contribution is 7.11. The second kappa shape index (κ2) is 8.24. The first-order chi connectivity index (χ1) is 11.0. The molecule has 5 nitrogen and oxygen atoms in total. The first kappa shape index (κ1) is 17.7. The lowest BCUT2D eigenvalue weighted by Gasteiger charge is -2.18. The van der Waals surface area contributed by atoms with Crippen LogP contribution in [0.2, 0.25) is 0 Å². The Hall–Kier alpha value is -1.70. The molecule has 7 heteroatoms. The molecule has 23 heavy (non-hydrogen) atoms. The SMILES string of the molecule is CC(C)[C@H](N)C(=O)NCC(=O)NC(c1cccs1)c1cccs1. The Morgan fingerprint density at radius 2 is 1.70 bits per heavy atom. The van der Waals surface area contributed by atoms with E-state index < -0.39 is 6.04 Å². The van der Waals surface area contributed by atoms with Crippen LogP contribution in [0.4, 0.5) is 0 Å². The molecule has 124 valence electrons. The molecule has 0 fully saturated rings. The van der Waals surface area contributed by atoms with E-state index in [1.165, 1.54) is 0 Å². The summed E-state index contributed by atoms with van der Waals surface area (Å²) in [5, 5.41) is 9.52. The lowest BCUT2D eigenvalue weighted by Crippen LogP contribution is -2.47. The van der Waals surface area contributed by atoms with E-state index in [4.69, 9.17) is 5.73 Å². The van der Waals surface area contributed by atoms with Crippen molar-refractivity contribution in [2.24, 2.45) is 11.7 Å². The minimum atomic E-state index is -0.604. The van der Waals surface area contributed by atoms with Gasteiger partial charge < -0.3 is 16.4 Å². The topological polar surface area (TPSA) is 84.2 Å². The van der Waals surface area contributed by atoms with Gasteiger partial charge in [-0.1, -0.05) is 26.0 Å². The summed E-state index contributed by atoms with van der Waals surface area (Å²) < 4.78 is 0. The van der Waals surface area contributed by atoms with Gasteiger partial charge in [0.2, 0.25) is 11.8 Å². The van der Waals surface area contributed by atoms with E-state index in [0.717, 1.165) is 9.75 Å². The minimum Gasteiger partial charge on any atom is -0.346 e. The summed E-state index contributed by atoms with van der Waals surface area (Å²) in [5.74, 6) is -0.511. The first-order valence-corrected chi connectivity index (χ1v) is 9.14. The molecule has 0 aliphatic carbocycles. The molecular weight excluding hydrogens is 330 g/mol. The number of carbonyl (C=O) groups excluding carboxylic acids is 2. The number of rotatable bonds is 7. The number of carbonyl (C=O) groups is 2. The molecule has 1 atom stereocenters. The molecule has 0 unspecified atom stereocenters. The van der Waals surface area contributed by atoms with Crippen molar-refractivity contribution in [3.8, 4) is 0 Å². The van der Waals surface area contributed by atoms with Gasteiger partial charge in [-0.3, -0.25) is 9.59 Å². The Morgan fingerprint density at radius 1 is 1.13 bits per heavy atom. The van der Waals surface area contributed by atoms with E-state index >= 15 is 0 Å². The molecule has 0 saturated heterocycles. The van der Waals surface area contributed by atoms with Crippen LogP contribution in [0.25, 0.3) is 0 Å². The highest BCUT2D eigenvalue weighted by atomic mass is 32.1. The van der Waals surface area contributed by atoms with Crippen LogP contribution in [-0.2, 0) is 9.59 Å². The molecule has 0 bridgehead atoms. The Bertz CT molecular complexity index is 590. The average Bonchev–Trinajstić information content (AvgIpc) is 3.22. The van der Waals surface area contributed by atoms with E-state index in [1.54, 1.807) is 22.7 Å². The molecule has 0 radical (unpaired) electrons. The Kier molecular flexibility index (Phi) is 6.32. The van der Waals surface area contributed by atoms with E-state index in [1.807, 2.05) is 48.9 Å². The summed E-state index contributed by atoms with van der Waals surface area (Å²) in [7, 11) is 0. The maximum absolute atomic E-state index is 12.2. The Balaban J connectivity index is 1.95. The molecular formula is C16H21N3O2S2. The zero-order valence-corrected chi connectivity index (χ0v) is 14.7. The molecule has 2 aromatic heterocycles. The third-order valence-electron chi connectivity index (χ3n) is 3.40. The monoisotopic (exact) mass is 351 g/mol. The molecule has 2 rings (SSSR count). The summed E-state index contributed by atoms with van der Waals surface area (Å²) in [6.07, 6.45) is 0. The van der Waals surface area contributed by atoms with Crippen molar-refractivity contribution in [1.29, 1.82) is 0 Å². The molecule has 2 heterocycles. The number of nitrogens with two attached hydrogens (primary N) is 1. The number of nitrogens with one attached hydrogen (secondary N) is 2. The normalized spacial score (nSPS) is 12.4. The molecule has 0 saturated carbocycles. The fourth-order valence-corrected chi connectivity index (χ4v) is 3.65. The van der Waals surface area contributed by atoms with Gasteiger partial charge in [0.1, 0.15) is 0 Å². The van der Waals surface area contributed by atoms with Crippen LogP contribution < -0.4 is 16.4 Å². The van der Waals surface area contributed by atoms with Crippen LogP contribution in [0.5, 0.6) is 0 Å². The fraction of sp³-hybridized carbons (Fsp3) is 0.375. The predicted octanol–water partition coefficient (Wildman–Crippen LogP) is 2.11. The van der Waals surface area contributed by atoms with E-state index in [0.29, 0.717) is 0 Å². The van der Waals surface area contributed by atoms with Crippen molar-refractivity contribution in [3.05, 3.63) is 44.8 Å². The standard InChI is InChI=1S/C16H21N3O2S2/c1-10(2)14(17)16(21)18-9-13(20)19-15(11-5-3-7-22-11)12-6-4-8-23-12/h3-8,10,14-15H,9,17H2,1-2H3,(H,18,21)(H,19,20)/t14-/m0/s1. The summed E-state index contributed by atoms with van der Waals surface area (Å²) in [6, 6.07) is 7.10. The molecule has 0 aromatic carbocycles.